The third-order valence-electron chi connectivity index (χ3n) is 3.99. The molecule has 4 heteroatoms. The van der Waals surface area contributed by atoms with E-state index in [-0.39, 0.29) is 18.0 Å². The SMILES string of the molecule is CCC1(C(=O)OCc2ccccc2Cl)CCNCC1. The fourth-order valence-corrected chi connectivity index (χ4v) is 2.71. The Balaban J connectivity index is 1.98. The number of rotatable bonds is 4. The molecule has 0 spiro atoms. The van der Waals surface area contributed by atoms with Crippen LogP contribution in [-0.4, -0.2) is 19.1 Å². The van der Waals surface area contributed by atoms with Gasteiger partial charge in [-0.15, -0.1) is 0 Å². The summed E-state index contributed by atoms with van der Waals surface area (Å²) in [6.45, 7) is 4.08. The largest absolute Gasteiger partial charge is 0.460 e. The van der Waals surface area contributed by atoms with Crippen LogP contribution in [0.4, 0.5) is 0 Å². The molecule has 1 N–H and O–H groups in total. The van der Waals surface area contributed by atoms with Crippen molar-refractivity contribution in [2.45, 2.75) is 32.8 Å². The molecule has 0 bridgehead atoms. The van der Waals surface area contributed by atoms with Crippen molar-refractivity contribution in [2.24, 2.45) is 5.41 Å². The maximum absolute atomic E-state index is 12.3. The van der Waals surface area contributed by atoms with Crippen molar-refractivity contribution in [3.05, 3.63) is 34.9 Å². The topological polar surface area (TPSA) is 38.3 Å². The van der Waals surface area contributed by atoms with Crippen LogP contribution in [0.5, 0.6) is 0 Å². The zero-order chi connectivity index (χ0) is 13.7. The third-order valence-corrected chi connectivity index (χ3v) is 4.36. The molecule has 0 aromatic heterocycles. The highest BCUT2D eigenvalue weighted by Crippen LogP contribution is 2.34. The van der Waals surface area contributed by atoms with Crippen LogP contribution >= 0.6 is 11.6 Å². The molecule has 1 aromatic carbocycles. The molecule has 1 saturated heterocycles. The number of hydrogen-bond acceptors (Lipinski definition) is 3. The van der Waals surface area contributed by atoms with Gasteiger partial charge in [-0.2, -0.15) is 0 Å². The molecule has 104 valence electrons. The van der Waals surface area contributed by atoms with Crippen molar-refractivity contribution in [2.75, 3.05) is 13.1 Å². The van der Waals surface area contributed by atoms with Gasteiger partial charge in [0.2, 0.25) is 0 Å². The van der Waals surface area contributed by atoms with E-state index in [1.54, 1.807) is 0 Å². The van der Waals surface area contributed by atoms with E-state index in [2.05, 4.69) is 12.2 Å². The number of carbonyl (C=O) groups excluding carboxylic acids is 1. The molecule has 0 saturated carbocycles. The predicted octanol–water partition coefficient (Wildman–Crippen LogP) is 3.16. The Morgan fingerprint density at radius 3 is 2.68 bits per heavy atom. The summed E-state index contributed by atoms with van der Waals surface area (Å²) in [4.78, 5) is 12.3. The summed E-state index contributed by atoms with van der Waals surface area (Å²) in [6.07, 6.45) is 2.53. The Hall–Kier alpha value is -1.06. The first-order valence-corrected chi connectivity index (χ1v) is 7.17. The summed E-state index contributed by atoms with van der Waals surface area (Å²) in [6, 6.07) is 7.46. The molecule has 0 radical (unpaired) electrons. The van der Waals surface area contributed by atoms with Gasteiger partial charge < -0.3 is 10.1 Å². The summed E-state index contributed by atoms with van der Waals surface area (Å²) in [5.74, 6) is -0.0866. The van der Waals surface area contributed by atoms with Gasteiger partial charge in [0.15, 0.2) is 0 Å². The minimum atomic E-state index is -0.313. The molecule has 0 unspecified atom stereocenters. The van der Waals surface area contributed by atoms with Gasteiger partial charge >= 0.3 is 5.97 Å². The lowest BCUT2D eigenvalue weighted by Gasteiger charge is -2.34. The van der Waals surface area contributed by atoms with Gasteiger partial charge in [0.25, 0.3) is 0 Å². The second kappa shape index (κ2) is 6.40. The molecule has 0 amide bonds. The van der Waals surface area contributed by atoms with E-state index in [0.717, 1.165) is 37.9 Å². The molecule has 1 aromatic rings. The number of hydrogen-bond donors (Lipinski definition) is 1. The van der Waals surface area contributed by atoms with E-state index in [1.807, 2.05) is 24.3 Å². The summed E-state index contributed by atoms with van der Waals surface area (Å²) >= 11 is 6.06. The van der Waals surface area contributed by atoms with E-state index in [1.165, 1.54) is 0 Å². The number of piperidine rings is 1. The second-order valence-electron chi connectivity index (χ2n) is 5.05. The molecule has 19 heavy (non-hydrogen) atoms. The lowest BCUT2D eigenvalue weighted by atomic mass is 9.77. The summed E-state index contributed by atoms with van der Waals surface area (Å²) in [5.41, 5.74) is 0.546. The fourth-order valence-electron chi connectivity index (χ4n) is 2.52. The van der Waals surface area contributed by atoms with Crippen LogP contribution in [0.1, 0.15) is 31.7 Å². The van der Waals surface area contributed by atoms with Crippen molar-refractivity contribution in [1.82, 2.24) is 5.32 Å². The van der Waals surface area contributed by atoms with Crippen molar-refractivity contribution in [1.29, 1.82) is 0 Å². The van der Waals surface area contributed by atoms with E-state index in [0.29, 0.717) is 5.02 Å². The van der Waals surface area contributed by atoms with E-state index in [9.17, 15) is 4.79 Å². The normalized spacial score (nSPS) is 18.0. The molecule has 0 aliphatic carbocycles. The zero-order valence-corrected chi connectivity index (χ0v) is 12.0. The minimum Gasteiger partial charge on any atom is -0.460 e. The van der Waals surface area contributed by atoms with Crippen LogP contribution in [-0.2, 0) is 16.1 Å². The molecule has 1 fully saturated rings. The van der Waals surface area contributed by atoms with E-state index in [4.69, 9.17) is 16.3 Å². The van der Waals surface area contributed by atoms with Crippen molar-refractivity contribution >= 4 is 17.6 Å². The number of esters is 1. The molecule has 0 atom stereocenters. The fraction of sp³-hybridized carbons (Fsp3) is 0.533. The smallest absolute Gasteiger partial charge is 0.312 e. The van der Waals surface area contributed by atoms with Crippen LogP contribution in [0.3, 0.4) is 0 Å². The Morgan fingerprint density at radius 1 is 1.37 bits per heavy atom. The highest BCUT2D eigenvalue weighted by molar-refractivity contribution is 6.31. The van der Waals surface area contributed by atoms with Gasteiger partial charge in [-0.05, 0) is 38.4 Å². The first kappa shape index (κ1) is 14.4. The standard InChI is InChI=1S/C15H20ClNO2/c1-2-15(7-9-17-10-8-15)14(18)19-11-12-5-3-4-6-13(12)16/h3-6,17H,2,7-11H2,1H3. The van der Waals surface area contributed by atoms with E-state index < -0.39 is 0 Å². The first-order chi connectivity index (χ1) is 9.18. The third kappa shape index (κ3) is 3.28. The Labute approximate surface area is 119 Å². The summed E-state index contributed by atoms with van der Waals surface area (Å²) in [7, 11) is 0. The first-order valence-electron chi connectivity index (χ1n) is 6.79. The summed E-state index contributed by atoms with van der Waals surface area (Å²) < 4.78 is 5.49. The predicted molar refractivity (Wildman–Crippen MR) is 76.1 cm³/mol. The minimum absolute atomic E-state index is 0.0866. The maximum atomic E-state index is 12.3. The maximum Gasteiger partial charge on any atom is 0.312 e. The van der Waals surface area contributed by atoms with Crippen LogP contribution in [0.2, 0.25) is 5.02 Å². The number of halogens is 1. The van der Waals surface area contributed by atoms with Crippen LogP contribution in [0, 0.1) is 5.41 Å². The van der Waals surface area contributed by atoms with Crippen molar-refractivity contribution < 1.29 is 9.53 Å². The van der Waals surface area contributed by atoms with Gasteiger partial charge in [-0.1, -0.05) is 36.7 Å². The number of nitrogens with one attached hydrogen (secondary N) is 1. The molecule has 1 aliphatic heterocycles. The second-order valence-corrected chi connectivity index (χ2v) is 5.46. The number of benzene rings is 1. The zero-order valence-electron chi connectivity index (χ0n) is 11.2. The average Bonchev–Trinajstić information content (AvgIpc) is 2.46. The summed E-state index contributed by atoms with van der Waals surface area (Å²) in [5, 5.41) is 3.93. The van der Waals surface area contributed by atoms with Gasteiger partial charge in [-0.3, -0.25) is 4.79 Å². The molecule has 2 rings (SSSR count). The molecular weight excluding hydrogens is 262 g/mol. The Morgan fingerprint density at radius 2 is 2.05 bits per heavy atom. The Kier molecular flexibility index (Phi) is 4.83. The van der Waals surface area contributed by atoms with Gasteiger partial charge in [-0.25, -0.2) is 0 Å². The molecule has 1 heterocycles. The monoisotopic (exact) mass is 281 g/mol. The van der Waals surface area contributed by atoms with Gasteiger partial charge in [0.05, 0.1) is 5.41 Å². The lowest BCUT2D eigenvalue weighted by molar-refractivity contribution is -0.159. The average molecular weight is 282 g/mol. The van der Waals surface area contributed by atoms with Crippen LogP contribution in [0.25, 0.3) is 0 Å². The van der Waals surface area contributed by atoms with E-state index >= 15 is 0 Å². The quantitative estimate of drug-likeness (QED) is 0.862. The van der Waals surface area contributed by atoms with Crippen molar-refractivity contribution in [3.8, 4) is 0 Å². The molecular formula is C15H20ClNO2. The number of carbonyl (C=O) groups is 1. The van der Waals surface area contributed by atoms with Crippen molar-refractivity contribution in [3.63, 3.8) is 0 Å². The molecule has 1 aliphatic rings. The van der Waals surface area contributed by atoms with Gasteiger partial charge in [0.1, 0.15) is 6.61 Å². The lowest BCUT2D eigenvalue weighted by Crippen LogP contribution is -2.42. The number of ether oxygens (including phenoxy) is 1. The van der Waals surface area contributed by atoms with Crippen LogP contribution < -0.4 is 5.32 Å². The Bertz CT molecular complexity index is 442. The highest BCUT2D eigenvalue weighted by Gasteiger charge is 2.39. The highest BCUT2D eigenvalue weighted by atomic mass is 35.5. The molecule has 3 nitrogen and oxygen atoms in total. The van der Waals surface area contributed by atoms with Gasteiger partial charge in [0, 0.05) is 10.6 Å². The van der Waals surface area contributed by atoms with Crippen LogP contribution in [0.15, 0.2) is 24.3 Å².